The minimum atomic E-state index is -5.08. The van der Waals surface area contributed by atoms with E-state index < -0.39 is 18.2 Å². The number of benzene rings is 2. The fraction of sp³-hybridized carbons (Fsp3) is 0.387. The average molecular weight is 720 g/mol. The van der Waals surface area contributed by atoms with Crippen LogP contribution in [-0.4, -0.2) is 86.4 Å². The van der Waals surface area contributed by atoms with Crippen molar-refractivity contribution in [2.45, 2.75) is 40.9 Å². The van der Waals surface area contributed by atoms with E-state index in [2.05, 4.69) is 22.9 Å². The van der Waals surface area contributed by atoms with Gasteiger partial charge in [-0.2, -0.15) is 37.6 Å². The van der Waals surface area contributed by atoms with Gasteiger partial charge in [0.05, 0.1) is 34.5 Å². The lowest BCUT2D eigenvalue weighted by molar-refractivity contribution is -0.192. The first-order chi connectivity index (χ1) is 22.3. The number of thioether (sulfide) groups is 1. The van der Waals surface area contributed by atoms with Crippen LogP contribution < -0.4 is 30.0 Å². The largest absolute Gasteiger partial charge is 0.493 e. The molecule has 1 aromatic heterocycles. The maximum Gasteiger partial charge on any atom is 0.490 e. The quantitative estimate of drug-likeness (QED) is 0.154. The molecule has 1 amide bonds. The minimum Gasteiger partial charge on any atom is -0.493 e. The molecule has 0 fully saturated rings. The van der Waals surface area contributed by atoms with Gasteiger partial charge in [0.1, 0.15) is 0 Å². The third-order valence-corrected chi connectivity index (χ3v) is 8.03. The van der Waals surface area contributed by atoms with E-state index in [0.717, 1.165) is 27.5 Å². The molecule has 0 saturated carbocycles. The zero-order valence-corrected chi connectivity index (χ0v) is 29.1. The number of nitrogens with two attached hydrogens (primary N) is 1. The Balaban J connectivity index is 0.000000394. The number of hydrogen-bond acceptors (Lipinski definition) is 11. The van der Waals surface area contributed by atoms with E-state index in [9.17, 15) is 18.0 Å². The molecule has 47 heavy (non-hydrogen) atoms. The Morgan fingerprint density at radius 2 is 1.38 bits per heavy atom. The molecule has 0 aliphatic carbocycles. The molecule has 0 unspecified atom stereocenters. The van der Waals surface area contributed by atoms with Crippen LogP contribution in [0.4, 0.5) is 13.2 Å². The number of carboxylic acids is 1. The molecule has 3 rings (SSSR count). The summed E-state index contributed by atoms with van der Waals surface area (Å²) >= 11 is 7.63. The van der Waals surface area contributed by atoms with Crippen molar-refractivity contribution in [1.29, 1.82) is 0 Å². The molecule has 4 N–H and O–H groups in total. The normalized spacial score (nSPS) is 11.8. The second kappa shape index (κ2) is 22.2. The third kappa shape index (κ3) is 15.8. The molecule has 0 aliphatic rings. The van der Waals surface area contributed by atoms with Crippen LogP contribution in [0.3, 0.4) is 0 Å². The maximum absolute atomic E-state index is 12.0. The number of alkyl halides is 3. The van der Waals surface area contributed by atoms with Crippen LogP contribution in [0.5, 0.6) is 23.0 Å². The van der Waals surface area contributed by atoms with Gasteiger partial charge in [0.25, 0.3) is 0 Å². The number of ether oxygens (including phenoxy) is 4. The summed E-state index contributed by atoms with van der Waals surface area (Å²) in [6.45, 7) is 0. The van der Waals surface area contributed by atoms with Crippen molar-refractivity contribution in [2.75, 3.05) is 46.2 Å². The molecule has 10 nitrogen and oxygen atoms in total. The minimum absolute atomic E-state index is 0.0896. The van der Waals surface area contributed by atoms with Crippen LogP contribution in [0.25, 0.3) is 0 Å². The van der Waals surface area contributed by atoms with Crippen LogP contribution in [0, 0.1) is 0 Å². The SMILES string of the molecule is COc1ccc(Sc2ccc(OC)c(OC)c2)cc1OC.CSCC[C@H](CS)NC(=O)[C@H](N)Cc1ccncc1.O=C(O)C(F)(F)F. The van der Waals surface area contributed by atoms with Crippen molar-refractivity contribution in [2.24, 2.45) is 5.73 Å². The Bertz CT molecular complexity index is 1320. The van der Waals surface area contributed by atoms with Crippen LogP contribution in [0.2, 0.25) is 0 Å². The molecule has 0 aliphatic heterocycles. The average Bonchev–Trinajstić information content (AvgIpc) is 3.06. The first kappa shape index (κ1) is 41.6. The first-order valence-electron chi connectivity index (χ1n) is 13.8. The number of nitrogens with one attached hydrogen (secondary N) is 1. The number of carbonyl (C=O) groups excluding carboxylic acids is 1. The van der Waals surface area contributed by atoms with Gasteiger partial charge >= 0.3 is 12.1 Å². The zero-order valence-electron chi connectivity index (χ0n) is 26.6. The number of carbonyl (C=O) groups is 2. The first-order valence-corrected chi connectivity index (χ1v) is 16.6. The van der Waals surface area contributed by atoms with E-state index in [0.29, 0.717) is 35.2 Å². The number of thiol groups is 1. The Kier molecular flexibility index (Phi) is 19.6. The summed E-state index contributed by atoms with van der Waals surface area (Å²) in [4.78, 5) is 26.9. The Morgan fingerprint density at radius 3 is 1.77 bits per heavy atom. The molecule has 3 aromatic rings. The van der Waals surface area contributed by atoms with E-state index in [1.54, 1.807) is 64.4 Å². The maximum atomic E-state index is 12.0. The lowest BCUT2D eigenvalue weighted by atomic mass is 10.1. The highest BCUT2D eigenvalue weighted by Gasteiger charge is 2.38. The summed E-state index contributed by atoms with van der Waals surface area (Å²) < 4.78 is 52.8. The molecule has 16 heteroatoms. The van der Waals surface area contributed by atoms with E-state index in [1.807, 2.05) is 54.8 Å². The standard InChI is InChI=1S/C16H18O4S.C13H21N3OS2.C2HF3O2/c1-17-13-7-5-11(9-15(13)19-3)21-12-6-8-14(18-2)16(10-12)20-4;1-19-7-4-11(9-18)16-13(17)12(14)8-10-2-5-15-6-3-10;3-2(4,5)1(6)7/h5-10H,1-4H3;2-3,5-6,11-12,18H,4,7-9,14H2,1H3,(H,16,17);(H,6,7)/t;11-,12-;/m.1./s1. The zero-order chi connectivity index (χ0) is 35.4. The van der Waals surface area contributed by atoms with Gasteiger partial charge in [-0.15, -0.1) is 0 Å². The Labute approximate surface area is 286 Å². The van der Waals surface area contributed by atoms with Crippen molar-refractivity contribution in [3.63, 3.8) is 0 Å². The Hall–Kier alpha value is -3.47. The molecule has 0 saturated heterocycles. The van der Waals surface area contributed by atoms with Gasteiger partial charge in [-0.05, 0) is 78.9 Å². The smallest absolute Gasteiger partial charge is 0.490 e. The van der Waals surface area contributed by atoms with Gasteiger partial charge in [-0.3, -0.25) is 9.78 Å². The van der Waals surface area contributed by atoms with Gasteiger partial charge in [0.15, 0.2) is 23.0 Å². The Morgan fingerprint density at radius 1 is 0.915 bits per heavy atom. The molecule has 0 spiro atoms. The predicted octanol–water partition coefficient (Wildman–Crippen LogP) is 5.62. The summed E-state index contributed by atoms with van der Waals surface area (Å²) in [5.74, 6) is 1.62. The highest BCUT2D eigenvalue weighted by atomic mass is 32.2. The second-order valence-corrected chi connectivity index (χ2v) is 11.8. The van der Waals surface area contributed by atoms with E-state index in [1.165, 1.54) is 0 Å². The molecule has 0 bridgehead atoms. The summed E-state index contributed by atoms with van der Waals surface area (Å²) in [7, 11) is 6.50. The van der Waals surface area contributed by atoms with Gasteiger partial charge < -0.3 is 35.1 Å². The van der Waals surface area contributed by atoms with Crippen molar-refractivity contribution in [3.05, 3.63) is 66.5 Å². The van der Waals surface area contributed by atoms with Crippen LogP contribution in [-0.2, 0) is 16.0 Å². The molecule has 260 valence electrons. The topological polar surface area (TPSA) is 142 Å². The molecule has 0 radical (unpaired) electrons. The number of carboxylic acid groups (broad SMARTS) is 1. The van der Waals surface area contributed by atoms with Crippen molar-refractivity contribution < 1.29 is 46.8 Å². The van der Waals surface area contributed by atoms with E-state index in [4.69, 9.17) is 34.6 Å². The third-order valence-electron chi connectivity index (χ3n) is 5.97. The van der Waals surface area contributed by atoms with Gasteiger partial charge in [-0.25, -0.2) is 4.79 Å². The van der Waals surface area contributed by atoms with Crippen LogP contribution >= 0.6 is 36.2 Å². The number of methoxy groups -OCH3 is 4. The highest BCUT2D eigenvalue weighted by Crippen LogP contribution is 2.38. The van der Waals surface area contributed by atoms with E-state index in [-0.39, 0.29) is 11.9 Å². The van der Waals surface area contributed by atoms with Gasteiger partial charge in [0.2, 0.25) is 5.91 Å². The highest BCUT2D eigenvalue weighted by molar-refractivity contribution is 7.99. The molecular formula is C31H40F3N3O7S3. The lowest BCUT2D eigenvalue weighted by Gasteiger charge is -2.19. The summed E-state index contributed by atoms with van der Waals surface area (Å²) in [6, 6.07) is 15.0. The fourth-order valence-electron chi connectivity index (χ4n) is 3.54. The van der Waals surface area contributed by atoms with Crippen LogP contribution in [0.1, 0.15) is 12.0 Å². The van der Waals surface area contributed by atoms with Crippen molar-refractivity contribution in [1.82, 2.24) is 10.3 Å². The summed E-state index contributed by atoms with van der Waals surface area (Å²) in [6.07, 6.45) is 1.81. The second-order valence-electron chi connectivity index (χ2n) is 9.27. The fourth-order valence-corrected chi connectivity index (χ4v) is 5.21. The molecule has 1 heterocycles. The molecule has 2 aromatic carbocycles. The number of nitrogens with zero attached hydrogens (tertiary/aromatic N) is 1. The van der Waals surface area contributed by atoms with Crippen molar-refractivity contribution in [3.8, 4) is 23.0 Å². The summed E-state index contributed by atoms with van der Waals surface area (Å²) in [5.41, 5.74) is 6.94. The number of halogens is 3. The lowest BCUT2D eigenvalue weighted by Crippen LogP contribution is -2.47. The number of aromatic nitrogens is 1. The number of hydrogen-bond donors (Lipinski definition) is 4. The number of pyridine rings is 1. The molecule has 2 atom stereocenters. The van der Waals surface area contributed by atoms with Crippen molar-refractivity contribution >= 4 is 48.0 Å². The monoisotopic (exact) mass is 719 g/mol. The molecular weight excluding hydrogens is 680 g/mol. The number of rotatable bonds is 14. The van der Waals surface area contributed by atoms with E-state index >= 15 is 0 Å². The predicted molar refractivity (Wildman–Crippen MR) is 182 cm³/mol. The van der Waals surface area contributed by atoms with Gasteiger partial charge in [-0.1, -0.05) is 11.8 Å². The summed E-state index contributed by atoms with van der Waals surface area (Å²) in [5, 5.41) is 10.1. The number of amides is 1. The number of aliphatic carboxylic acids is 1. The van der Waals surface area contributed by atoms with Crippen LogP contribution in [0.15, 0.2) is 70.7 Å². The van der Waals surface area contributed by atoms with Gasteiger partial charge in [0, 0.05) is 34.0 Å².